The summed E-state index contributed by atoms with van der Waals surface area (Å²) in [5.41, 5.74) is 0. The van der Waals surface area contributed by atoms with E-state index in [0.717, 1.165) is 0 Å². The van der Waals surface area contributed by atoms with Gasteiger partial charge in [-0.05, 0) is 13.8 Å². The van der Waals surface area contributed by atoms with E-state index >= 15 is 0 Å². The number of nitrogens with zero attached hydrogens (tertiary/aromatic N) is 1. The molecule has 2 saturated heterocycles. The van der Waals surface area contributed by atoms with Crippen LogP contribution in [0.25, 0.3) is 0 Å². The van der Waals surface area contributed by atoms with Crippen molar-refractivity contribution in [3.05, 3.63) is 0 Å². The lowest BCUT2D eigenvalue weighted by Gasteiger charge is -2.40. The van der Waals surface area contributed by atoms with Crippen molar-refractivity contribution in [1.82, 2.24) is 4.90 Å². The van der Waals surface area contributed by atoms with E-state index in [0.29, 0.717) is 0 Å². The van der Waals surface area contributed by atoms with Gasteiger partial charge in [0.2, 0.25) is 5.91 Å². The van der Waals surface area contributed by atoms with Gasteiger partial charge in [0.15, 0.2) is 0 Å². The number of aliphatic carboxylic acids is 1. The molecule has 0 aliphatic carbocycles. The van der Waals surface area contributed by atoms with E-state index in [9.17, 15) is 9.59 Å². The molecule has 0 bridgehead atoms. The van der Waals surface area contributed by atoms with Crippen molar-refractivity contribution in [3.63, 3.8) is 0 Å². The Labute approximate surface area is 99.5 Å². The van der Waals surface area contributed by atoms with Gasteiger partial charge in [0.25, 0.3) is 0 Å². The number of carbonyl (C=O) groups excluding carboxylic acids is 1. The second kappa shape index (κ2) is 3.01. The SMILES string of the molecule is CC1(C)S[C@@H]2[C@H](I)C(=O)N2[C@H]1C(=O)O. The van der Waals surface area contributed by atoms with Gasteiger partial charge in [-0.25, -0.2) is 4.79 Å². The van der Waals surface area contributed by atoms with Crippen LogP contribution in [0.1, 0.15) is 13.8 Å². The quantitative estimate of drug-likeness (QED) is 0.442. The maximum atomic E-state index is 11.5. The molecular formula is C8H10INO3S. The number of fused-ring (bicyclic) bond motifs is 1. The molecule has 6 heteroatoms. The molecule has 0 unspecified atom stereocenters. The fourth-order valence-electron chi connectivity index (χ4n) is 1.97. The molecule has 2 aliphatic heterocycles. The topological polar surface area (TPSA) is 57.6 Å². The summed E-state index contributed by atoms with van der Waals surface area (Å²) >= 11 is 3.66. The highest BCUT2D eigenvalue weighted by molar-refractivity contribution is 14.1. The van der Waals surface area contributed by atoms with E-state index in [1.54, 1.807) is 11.8 Å². The minimum Gasteiger partial charge on any atom is -0.480 e. The van der Waals surface area contributed by atoms with Crippen molar-refractivity contribution in [2.24, 2.45) is 0 Å². The van der Waals surface area contributed by atoms with Crippen molar-refractivity contribution < 1.29 is 14.7 Å². The van der Waals surface area contributed by atoms with Crippen LogP contribution >= 0.6 is 34.4 Å². The molecule has 0 aromatic rings. The largest absolute Gasteiger partial charge is 0.480 e. The van der Waals surface area contributed by atoms with Crippen LogP contribution in [0, 0.1) is 0 Å². The predicted molar refractivity (Wildman–Crippen MR) is 61.5 cm³/mol. The van der Waals surface area contributed by atoms with E-state index in [1.807, 2.05) is 13.8 Å². The van der Waals surface area contributed by atoms with Crippen LogP contribution in [0.4, 0.5) is 0 Å². The summed E-state index contributed by atoms with van der Waals surface area (Å²) in [6.45, 7) is 3.76. The molecule has 0 radical (unpaired) electrons. The van der Waals surface area contributed by atoms with E-state index in [2.05, 4.69) is 22.6 Å². The van der Waals surface area contributed by atoms with E-state index in [4.69, 9.17) is 5.11 Å². The van der Waals surface area contributed by atoms with Crippen LogP contribution in [0.2, 0.25) is 0 Å². The van der Waals surface area contributed by atoms with Gasteiger partial charge >= 0.3 is 5.97 Å². The second-order valence-corrected chi connectivity index (χ2v) is 7.11. The Morgan fingerprint density at radius 3 is 2.71 bits per heavy atom. The Balaban J connectivity index is 2.32. The first-order valence-electron chi connectivity index (χ1n) is 4.23. The van der Waals surface area contributed by atoms with Gasteiger partial charge in [0.1, 0.15) is 15.3 Å². The maximum Gasteiger partial charge on any atom is 0.327 e. The monoisotopic (exact) mass is 327 g/mol. The molecule has 0 aromatic carbocycles. The summed E-state index contributed by atoms with van der Waals surface area (Å²) in [4.78, 5) is 24.0. The van der Waals surface area contributed by atoms with Crippen LogP contribution in [0.5, 0.6) is 0 Å². The third kappa shape index (κ3) is 1.19. The number of amides is 1. The summed E-state index contributed by atoms with van der Waals surface area (Å²) < 4.78 is -0.437. The molecule has 14 heavy (non-hydrogen) atoms. The third-order valence-corrected chi connectivity index (χ3v) is 5.88. The van der Waals surface area contributed by atoms with Crippen LogP contribution in [-0.2, 0) is 9.59 Å². The number of rotatable bonds is 1. The molecule has 2 rings (SSSR count). The molecule has 2 aliphatic rings. The summed E-state index contributed by atoms with van der Waals surface area (Å²) in [5.74, 6) is -0.942. The third-order valence-electron chi connectivity index (χ3n) is 2.61. The number of hydrogen-bond acceptors (Lipinski definition) is 3. The van der Waals surface area contributed by atoms with Gasteiger partial charge in [-0.2, -0.15) is 0 Å². The van der Waals surface area contributed by atoms with Gasteiger partial charge in [-0.15, -0.1) is 11.8 Å². The fraction of sp³-hybridized carbons (Fsp3) is 0.750. The highest BCUT2D eigenvalue weighted by Crippen LogP contribution is 2.52. The lowest BCUT2D eigenvalue weighted by molar-refractivity contribution is -0.156. The minimum atomic E-state index is -0.901. The van der Waals surface area contributed by atoms with Gasteiger partial charge in [0, 0.05) is 4.75 Å². The number of hydrogen-bond donors (Lipinski definition) is 1. The first kappa shape index (κ1) is 10.5. The summed E-state index contributed by atoms with van der Waals surface area (Å²) in [6.07, 6.45) is 0. The number of halogens is 1. The Bertz CT molecular complexity index is 320. The molecule has 1 N–H and O–H groups in total. The summed E-state index contributed by atoms with van der Waals surface area (Å²) in [5, 5.41) is 9.12. The van der Waals surface area contributed by atoms with Gasteiger partial charge in [-0.1, -0.05) is 22.6 Å². The first-order chi connectivity index (χ1) is 6.36. The predicted octanol–water partition coefficient (Wildman–Crippen LogP) is 0.937. The lowest BCUT2D eigenvalue weighted by atomic mass is 9.98. The molecule has 1 amide bonds. The zero-order valence-corrected chi connectivity index (χ0v) is 10.7. The lowest BCUT2D eigenvalue weighted by Crippen LogP contribution is -2.63. The van der Waals surface area contributed by atoms with E-state index < -0.39 is 12.0 Å². The molecule has 78 valence electrons. The summed E-state index contributed by atoms with van der Waals surface area (Å²) in [7, 11) is 0. The van der Waals surface area contributed by atoms with Crippen molar-refractivity contribution >= 4 is 46.2 Å². The molecular weight excluding hydrogens is 317 g/mol. The normalized spacial score (nSPS) is 39.2. The minimum absolute atomic E-state index is 0.0407. The Morgan fingerprint density at radius 2 is 2.21 bits per heavy atom. The average Bonchev–Trinajstić information content (AvgIpc) is 2.34. The number of carbonyl (C=O) groups is 2. The molecule has 2 heterocycles. The van der Waals surface area contributed by atoms with Crippen molar-refractivity contribution in [2.45, 2.75) is 33.9 Å². The zero-order chi connectivity index (χ0) is 10.7. The van der Waals surface area contributed by atoms with Gasteiger partial charge in [-0.3, -0.25) is 4.79 Å². The van der Waals surface area contributed by atoms with Crippen molar-refractivity contribution in [2.75, 3.05) is 0 Å². The van der Waals surface area contributed by atoms with Crippen molar-refractivity contribution in [1.29, 1.82) is 0 Å². The standard InChI is InChI=1S/C8H10INO3S/c1-8(2)4(7(12)13)10-5(11)3(9)6(10)14-8/h3-4,6H,1-2H3,(H,12,13)/t3-,4+,6-/m1/s1. The van der Waals surface area contributed by atoms with Gasteiger partial charge in [0.05, 0.1) is 0 Å². The Hall–Kier alpha value is 0.0200. The average molecular weight is 327 g/mol. The number of carboxylic acids is 1. The zero-order valence-electron chi connectivity index (χ0n) is 7.73. The highest BCUT2D eigenvalue weighted by atomic mass is 127. The fourth-order valence-corrected chi connectivity index (χ4v) is 4.62. The second-order valence-electron chi connectivity index (χ2n) is 4.00. The number of β-lactam (4-membered cyclic amide) rings is 1. The van der Waals surface area contributed by atoms with Crippen LogP contribution in [-0.4, -0.2) is 42.0 Å². The Kier molecular flexibility index (Phi) is 2.26. The van der Waals surface area contributed by atoms with E-state index in [-0.39, 0.29) is 20.0 Å². The molecule has 0 saturated carbocycles. The molecule has 4 nitrogen and oxygen atoms in total. The van der Waals surface area contributed by atoms with Crippen LogP contribution in [0.3, 0.4) is 0 Å². The van der Waals surface area contributed by atoms with Gasteiger partial charge < -0.3 is 10.0 Å². The Morgan fingerprint density at radius 1 is 1.64 bits per heavy atom. The first-order valence-corrected chi connectivity index (χ1v) is 6.35. The van der Waals surface area contributed by atoms with E-state index in [1.165, 1.54) is 4.90 Å². The highest BCUT2D eigenvalue weighted by Gasteiger charge is 2.62. The smallest absolute Gasteiger partial charge is 0.327 e. The number of alkyl halides is 1. The number of thioether (sulfide) groups is 1. The molecule has 0 spiro atoms. The van der Waals surface area contributed by atoms with Crippen LogP contribution in [0.15, 0.2) is 0 Å². The number of carboxylic acid groups (broad SMARTS) is 1. The maximum absolute atomic E-state index is 11.5. The molecule has 0 aromatic heterocycles. The van der Waals surface area contributed by atoms with Crippen LogP contribution < -0.4 is 0 Å². The molecule has 3 atom stereocenters. The molecule has 2 fully saturated rings. The van der Waals surface area contributed by atoms with Crippen molar-refractivity contribution in [3.8, 4) is 0 Å². The summed E-state index contributed by atoms with van der Waals surface area (Å²) in [6, 6.07) is -0.670.